The number of carbonyl (C=O) groups excluding carboxylic acids is 1. The number of hydrogen-bond acceptors (Lipinski definition) is 4. The average molecular weight is 243 g/mol. The third-order valence-corrected chi connectivity index (χ3v) is 4.63. The maximum Gasteiger partial charge on any atom is 0.240 e. The molecule has 0 aliphatic carbocycles. The predicted molar refractivity (Wildman–Crippen MR) is 67.5 cm³/mol. The molecule has 1 amide bonds. The van der Waals surface area contributed by atoms with Crippen LogP contribution in [0.5, 0.6) is 0 Å². The van der Waals surface area contributed by atoms with Gasteiger partial charge in [-0.3, -0.25) is 15.0 Å². The summed E-state index contributed by atoms with van der Waals surface area (Å²) in [5, 5.41) is 3.25. The summed E-state index contributed by atoms with van der Waals surface area (Å²) in [6, 6.07) is 0.969. The molecule has 3 atom stereocenters. The van der Waals surface area contributed by atoms with Crippen molar-refractivity contribution in [2.45, 2.75) is 32.0 Å². The zero-order chi connectivity index (χ0) is 11.7. The van der Waals surface area contributed by atoms with Gasteiger partial charge in [-0.05, 0) is 20.9 Å². The fourth-order valence-electron chi connectivity index (χ4n) is 2.36. The standard InChI is InChI=1S/C11H21N3OS/c1-8-4-14(5-9(2)13(8)3)11(15)10-6-16-7-12-10/h8-10,12H,4-7H2,1-3H3. The fourth-order valence-corrected chi connectivity index (χ4v) is 3.29. The Balaban J connectivity index is 1.96. The van der Waals surface area contributed by atoms with Crippen molar-refractivity contribution in [3.8, 4) is 0 Å². The molecule has 16 heavy (non-hydrogen) atoms. The Morgan fingerprint density at radius 1 is 1.31 bits per heavy atom. The Hall–Kier alpha value is -0.260. The van der Waals surface area contributed by atoms with Crippen molar-refractivity contribution in [3.05, 3.63) is 0 Å². The first-order valence-electron chi connectivity index (χ1n) is 5.91. The first kappa shape index (κ1) is 12.2. The molecule has 4 nitrogen and oxygen atoms in total. The van der Waals surface area contributed by atoms with Gasteiger partial charge in [-0.25, -0.2) is 0 Å². The molecule has 5 heteroatoms. The Morgan fingerprint density at radius 3 is 2.44 bits per heavy atom. The number of amides is 1. The van der Waals surface area contributed by atoms with Crippen LogP contribution < -0.4 is 5.32 Å². The summed E-state index contributed by atoms with van der Waals surface area (Å²) in [5.74, 6) is 2.13. The van der Waals surface area contributed by atoms with E-state index >= 15 is 0 Å². The lowest BCUT2D eigenvalue weighted by Gasteiger charge is -2.43. The molecule has 1 N–H and O–H groups in total. The second-order valence-corrected chi connectivity index (χ2v) is 5.91. The van der Waals surface area contributed by atoms with Crippen LogP contribution in [0, 0.1) is 0 Å². The lowest BCUT2D eigenvalue weighted by molar-refractivity contribution is -0.136. The number of carbonyl (C=O) groups is 1. The maximum absolute atomic E-state index is 12.2. The van der Waals surface area contributed by atoms with Crippen LogP contribution in [0.4, 0.5) is 0 Å². The van der Waals surface area contributed by atoms with Crippen molar-refractivity contribution in [1.82, 2.24) is 15.1 Å². The van der Waals surface area contributed by atoms with Crippen LogP contribution >= 0.6 is 11.8 Å². The van der Waals surface area contributed by atoms with Crippen molar-refractivity contribution in [2.24, 2.45) is 0 Å². The van der Waals surface area contributed by atoms with Crippen LogP contribution in [-0.4, -0.2) is 65.6 Å². The summed E-state index contributed by atoms with van der Waals surface area (Å²) < 4.78 is 0. The summed E-state index contributed by atoms with van der Waals surface area (Å²) in [5.41, 5.74) is 0. The zero-order valence-corrected chi connectivity index (χ0v) is 11.1. The first-order valence-corrected chi connectivity index (χ1v) is 7.07. The van der Waals surface area contributed by atoms with Gasteiger partial charge in [0.15, 0.2) is 0 Å². The maximum atomic E-state index is 12.2. The van der Waals surface area contributed by atoms with Crippen LogP contribution in [0.2, 0.25) is 0 Å². The van der Waals surface area contributed by atoms with Gasteiger partial charge in [0.25, 0.3) is 0 Å². The van der Waals surface area contributed by atoms with Gasteiger partial charge < -0.3 is 4.90 Å². The van der Waals surface area contributed by atoms with Gasteiger partial charge in [-0.1, -0.05) is 0 Å². The fraction of sp³-hybridized carbons (Fsp3) is 0.909. The highest BCUT2D eigenvalue weighted by molar-refractivity contribution is 7.99. The highest BCUT2D eigenvalue weighted by Gasteiger charge is 2.33. The Morgan fingerprint density at radius 2 is 1.94 bits per heavy atom. The third-order valence-electron chi connectivity index (χ3n) is 3.69. The number of nitrogens with zero attached hydrogens (tertiary/aromatic N) is 2. The normalized spacial score (nSPS) is 36.7. The highest BCUT2D eigenvalue weighted by atomic mass is 32.2. The minimum atomic E-state index is 0.0489. The molecular weight excluding hydrogens is 222 g/mol. The number of piperazine rings is 1. The van der Waals surface area contributed by atoms with E-state index in [0.29, 0.717) is 12.1 Å². The number of thioether (sulfide) groups is 1. The van der Waals surface area contributed by atoms with E-state index in [9.17, 15) is 4.79 Å². The van der Waals surface area contributed by atoms with E-state index in [-0.39, 0.29) is 11.9 Å². The van der Waals surface area contributed by atoms with E-state index in [1.165, 1.54) is 0 Å². The summed E-state index contributed by atoms with van der Waals surface area (Å²) >= 11 is 1.81. The predicted octanol–water partition coefficient (Wildman–Crippen LogP) is 0.200. The van der Waals surface area contributed by atoms with Gasteiger partial charge in [-0.15, -0.1) is 11.8 Å². The minimum absolute atomic E-state index is 0.0489. The Kier molecular flexibility index (Phi) is 3.77. The van der Waals surface area contributed by atoms with Gasteiger partial charge >= 0.3 is 0 Å². The molecule has 92 valence electrons. The SMILES string of the molecule is CC1CN(C(=O)C2CSCN2)CC(C)N1C. The van der Waals surface area contributed by atoms with Crippen molar-refractivity contribution < 1.29 is 4.79 Å². The number of hydrogen-bond donors (Lipinski definition) is 1. The largest absolute Gasteiger partial charge is 0.338 e. The molecule has 2 aliphatic rings. The van der Waals surface area contributed by atoms with Gasteiger partial charge in [0, 0.05) is 36.8 Å². The van der Waals surface area contributed by atoms with E-state index in [2.05, 4.69) is 31.1 Å². The molecule has 0 aromatic heterocycles. The van der Waals surface area contributed by atoms with Gasteiger partial charge in [0.1, 0.15) is 0 Å². The van der Waals surface area contributed by atoms with Gasteiger partial charge in [-0.2, -0.15) is 0 Å². The van der Waals surface area contributed by atoms with E-state index in [1.54, 1.807) is 0 Å². The second-order valence-electron chi connectivity index (χ2n) is 4.88. The quantitative estimate of drug-likeness (QED) is 0.714. The molecule has 0 aromatic rings. The van der Waals surface area contributed by atoms with Crippen LogP contribution in [-0.2, 0) is 4.79 Å². The molecule has 3 unspecified atom stereocenters. The lowest BCUT2D eigenvalue weighted by atomic mass is 10.1. The molecule has 2 saturated heterocycles. The summed E-state index contributed by atoms with van der Waals surface area (Å²) in [7, 11) is 2.14. The van der Waals surface area contributed by atoms with Crippen LogP contribution in [0.1, 0.15) is 13.8 Å². The first-order chi connectivity index (χ1) is 7.59. The van der Waals surface area contributed by atoms with E-state index in [4.69, 9.17) is 0 Å². The highest BCUT2D eigenvalue weighted by Crippen LogP contribution is 2.17. The van der Waals surface area contributed by atoms with Crippen LogP contribution in [0.25, 0.3) is 0 Å². The van der Waals surface area contributed by atoms with E-state index in [1.807, 2.05) is 16.7 Å². The molecule has 0 radical (unpaired) electrons. The molecule has 0 spiro atoms. The van der Waals surface area contributed by atoms with E-state index in [0.717, 1.165) is 24.7 Å². The van der Waals surface area contributed by atoms with Crippen LogP contribution in [0.3, 0.4) is 0 Å². The van der Waals surface area contributed by atoms with Crippen molar-refractivity contribution in [3.63, 3.8) is 0 Å². The van der Waals surface area contributed by atoms with Gasteiger partial charge in [0.2, 0.25) is 5.91 Å². The topological polar surface area (TPSA) is 35.6 Å². The average Bonchev–Trinajstić information content (AvgIpc) is 2.77. The summed E-state index contributed by atoms with van der Waals surface area (Å²) in [6.45, 7) is 6.10. The number of likely N-dealkylation sites (N-methyl/N-ethyl adjacent to an activating group) is 1. The van der Waals surface area contributed by atoms with E-state index < -0.39 is 0 Å². The zero-order valence-electron chi connectivity index (χ0n) is 10.3. The molecule has 0 saturated carbocycles. The minimum Gasteiger partial charge on any atom is -0.338 e. The monoisotopic (exact) mass is 243 g/mol. The van der Waals surface area contributed by atoms with Crippen molar-refractivity contribution >= 4 is 17.7 Å². The molecule has 2 fully saturated rings. The molecule has 0 aromatic carbocycles. The summed E-state index contributed by atoms with van der Waals surface area (Å²) in [6.07, 6.45) is 0. The molecule has 2 aliphatic heterocycles. The molecular formula is C11H21N3OS. The third kappa shape index (κ3) is 2.36. The van der Waals surface area contributed by atoms with Crippen molar-refractivity contribution in [2.75, 3.05) is 31.8 Å². The van der Waals surface area contributed by atoms with Gasteiger partial charge in [0.05, 0.1) is 6.04 Å². The number of rotatable bonds is 1. The van der Waals surface area contributed by atoms with Crippen LogP contribution in [0.15, 0.2) is 0 Å². The second kappa shape index (κ2) is 4.94. The smallest absolute Gasteiger partial charge is 0.240 e. The van der Waals surface area contributed by atoms with Crippen molar-refractivity contribution in [1.29, 1.82) is 0 Å². The number of nitrogens with one attached hydrogen (secondary N) is 1. The molecule has 2 rings (SSSR count). The Labute approximate surface area is 102 Å². The lowest BCUT2D eigenvalue weighted by Crippen LogP contribution is -2.59. The molecule has 0 bridgehead atoms. The molecule has 2 heterocycles. The summed E-state index contributed by atoms with van der Waals surface area (Å²) in [4.78, 5) is 16.6. The Bertz CT molecular complexity index is 256.